The molecule has 0 spiro atoms. The fourth-order valence-electron chi connectivity index (χ4n) is 3.16. The van der Waals surface area contributed by atoms with Gasteiger partial charge in [0, 0.05) is 18.8 Å². The molecule has 1 aromatic heterocycles. The van der Waals surface area contributed by atoms with Crippen molar-refractivity contribution >= 4 is 11.7 Å². The van der Waals surface area contributed by atoms with Crippen molar-refractivity contribution in [2.24, 2.45) is 7.05 Å². The second-order valence-corrected chi connectivity index (χ2v) is 6.40. The van der Waals surface area contributed by atoms with Crippen LogP contribution in [0.1, 0.15) is 30.4 Å². The van der Waals surface area contributed by atoms with Crippen molar-refractivity contribution in [3.8, 4) is 0 Å². The highest BCUT2D eigenvalue weighted by molar-refractivity contribution is 5.90. The number of pyridine rings is 1. The second kappa shape index (κ2) is 6.31. The molecule has 0 aliphatic heterocycles. The third-order valence-electron chi connectivity index (χ3n) is 4.72. The van der Waals surface area contributed by atoms with E-state index in [0.29, 0.717) is 18.4 Å². The molecule has 25 heavy (non-hydrogen) atoms. The van der Waals surface area contributed by atoms with E-state index in [4.69, 9.17) is 0 Å². The van der Waals surface area contributed by atoms with Crippen molar-refractivity contribution in [2.75, 3.05) is 5.32 Å². The molecule has 1 fully saturated rings. The van der Waals surface area contributed by atoms with Gasteiger partial charge in [-0.25, -0.2) is 13.6 Å². The number of urea groups is 1. The zero-order valence-electron chi connectivity index (χ0n) is 14.0. The maximum absolute atomic E-state index is 14.2. The normalized spacial score (nSPS) is 15.4. The van der Waals surface area contributed by atoms with Gasteiger partial charge in [-0.05, 0) is 49.9 Å². The average molecular weight is 347 g/mol. The van der Waals surface area contributed by atoms with Gasteiger partial charge in [0.2, 0.25) is 0 Å². The third kappa shape index (κ3) is 3.01. The molecular formula is C18H19F2N3O2. The summed E-state index contributed by atoms with van der Waals surface area (Å²) in [5.41, 5.74) is -0.819. The van der Waals surface area contributed by atoms with Crippen LogP contribution in [0.2, 0.25) is 0 Å². The largest absolute Gasteiger partial charge is 0.328 e. The first-order valence-corrected chi connectivity index (χ1v) is 8.04. The molecule has 1 aliphatic rings. The Morgan fingerprint density at radius 3 is 2.40 bits per heavy atom. The number of carbonyl (C=O) groups excluding carboxylic acids is 1. The monoisotopic (exact) mass is 347 g/mol. The number of nitrogens with zero attached hydrogens (tertiary/aromatic N) is 1. The summed E-state index contributed by atoms with van der Waals surface area (Å²) in [5.74, 6) is -1.38. The lowest BCUT2D eigenvalue weighted by molar-refractivity contribution is 0.175. The van der Waals surface area contributed by atoms with E-state index in [2.05, 4.69) is 10.6 Å². The van der Waals surface area contributed by atoms with Crippen molar-refractivity contribution in [3.63, 3.8) is 0 Å². The molecule has 0 atom stereocenters. The van der Waals surface area contributed by atoms with Gasteiger partial charge in [-0.15, -0.1) is 0 Å². The Hall–Kier alpha value is -2.70. The minimum atomic E-state index is -1.09. The lowest BCUT2D eigenvalue weighted by atomic mass is 9.71. The van der Waals surface area contributed by atoms with Crippen LogP contribution in [0, 0.1) is 18.6 Å². The molecule has 3 rings (SSSR count). The molecule has 5 nitrogen and oxygen atoms in total. The molecule has 0 unspecified atom stereocenters. The van der Waals surface area contributed by atoms with E-state index in [0.717, 1.165) is 6.42 Å². The quantitative estimate of drug-likeness (QED) is 0.896. The van der Waals surface area contributed by atoms with Gasteiger partial charge in [0.15, 0.2) is 0 Å². The Kier molecular flexibility index (Phi) is 4.32. The fraction of sp³-hybridized carbons (Fsp3) is 0.333. The summed E-state index contributed by atoms with van der Waals surface area (Å²) >= 11 is 0. The zero-order chi connectivity index (χ0) is 18.2. The number of anilines is 1. The number of benzene rings is 1. The Labute approximate surface area is 143 Å². The van der Waals surface area contributed by atoms with Crippen molar-refractivity contribution in [3.05, 3.63) is 63.6 Å². The van der Waals surface area contributed by atoms with Crippen LogP contribution >= 0.6 is 0 Å². The summed E-state index contributed by atoms with van der Waals surface area (Å²) in [6.07, 6.45) is 3.22. The average Bonchev–Trinajstić information content (AvgIpc) is 2.52. The van der Waals surface area contributed by atoms with Crippen LogP contribution in [0.3, 0.4) is 0 Å². The molecule has 0 radical (unpaired) electrons. The van der Waals surface area contributed by atoms with Crippen LogP contribution in [0.5, 0.6) is 0 Å². The number of amides is 2. The van der Waals surface area contributed by atoms with E-state index in [-0.39, 0.29) is 16.8 Å². The molecule has 2 N–H and O–H groups in total. The van der Waals surface area contributed by atoms with Crippen LogP contribution in [0.4, 0.5) is 19.3 Å². The molecule has 1 saturated carbocycles. The second-order valence-electron chi connectivity index (χ2n) is 6.40. The molecule has 2 amide bonds. The van der Waals surface area contributed by atoms with E-state index >= 15 is 0 Å². The number of rotatable bonds is 3. The Morgan fingerprint density at radius 1 is 1.20 bits per heavy atom. The van der Waals surface area contributed by atoms with Gasteiger partial charge in [0.1, 0.15) is 17.3 Å². The van der Waals surface area contributed by atoms with E-state index in [1.807, 2.05) is 0 Å². The molecule has 1 heterocycles. The maximum atomic E-state index is 14.2. The number of hydrogen-bond acceptors (Lipinski definition) is 2. The number of hydrogen-bond donors (Lipinski definition) is 2. The number of nitrogens with one attached hydrogen (secondary N) is 2. The SMILES string of the molecule is Cc1ccn(C)c(=O)c1NC(=O)NC1(c2c(F)cccc2F)CCC1. The molecule has 1 aromatic carbocycles. The van der Waals surface area contributed by atoms with E-state index in [1.165, 1.54) is 22.8 Å². The first-order valence-electron chi connectivity index (χ1n) is 8.04. The van der Waals surface area contributed by atoms with Crippen molar-refractivity contribution in [1.29, 1.82) is 0 Å². The van der Waals surface area contributed by atoms with Gasteiger partial charge >= 0.3 is 6.03 Å². The minimum absolute atomic E-state index is 0.130. The van der Waals surface area contributed by atoms with Gasteiger partial charge in [-0.1, -0.05) is 6.07 Å². The highest BCUT2D eigenvalue weighted by atomic mass is 19.1. The first kappa shape index (κ1) is 17.1. The van der Waals surface area contributed by atoms with Gasteiger partial charge in [0.05, 0.1) is 5.54 Å². The summed E-state index contributed by atoms with van der Waals surface area (Å²) in [6.45, 7) is 1.70. The minimum Gasteiger partial charge on any atom is -0.328 e. The number of halogens is 2. The summed E-state index contributed by atoms with van der Waals surface area (Å²) < 4.78 is 29.7. The van der Waals surface area contributed by atoms with Gasteiger partial charge in [-0.2, -0.15) is 0 Å². The zero-order valence-corrected chi connectivity index (χ0v) is 14.0. The van der Waals surface area contributed by atoms with Gasteiger partial charge < -0.3 is 15.2 Å². The lowest BCUT2D eigenvalue weighted by Gasteiger charge is -2.43. The number of carbonyl (C=O) groups is 1. The van der Waals surface area contributed by atoms with Crippen LogP contribution in [-0.2, 0) is 12.6 Å². The molecule has 1 aliphatic carbocycles. The highest BCUT2D eigenvalue weighted by Crippen LogP contribution is 2.43. The van der Waals surface area contributed by atoms with Crippen LogP contribution < -0.4 is 16.2 Å². The fourth-order valence-corrected chi connectivity index (χ4v) is 3.16. The molecule has 132 valence electrons. The standard InChI is InChI=1S/C18H19F2N3O2/c1-11-7-10-23(2)16(24)15(11)21-17(25)22-18(8-4-9-18)14-12(19)5-3-6-13(14)20/h3,5-7,10H,4,8-9H2,1-2H3,(H2,21,22,25). The predicted molar refractivity (Wildman–Crippen MR) is 90.5 cm³/mol. The van der Waals surface area contributed by atoms with Gasteiger partial charge in [0.25, 0.3) is 5.56 Å². The molecule has 0 saturated heterocycles. The van der Waals surface area contributed by atoms with Crippen molar-refractivity contribution < 1.29 is 13.6 Å². The number of aromatic nitrogens is 1. The smallest absolute Gasteiger partial charge is 0.320 e. The predicted octanol–water partition coefficient (Wildman–Crippen LogP) is 3.17. The molecule has 7 heteroatoms. The van der Waals surface area contributed by atoms with Crippen LogP contribution in [0.25, 0.3) is 0 Å². The van der Waals surface area contributed by atoms with Gasteiger partial charge in [-0.3, -0.25) is 4.79 Å². The summed E-state index contributed by atoms with van der Waals surface area (Å²) in [4.78, 5) is 24.6. The van der Waals surface area contributed by atoms with Crippen LogP contribution in [-0.4, -0.2) is 10.6 Å². The van der Waals surface area contributed by atoms with Crippen molar-refractivity contribution in [2.45, 2.75) is 31.7 Å². The van der Waals surface area contributed by atoms with Crippen molar-refractivity contribution in [1.82, 2.24) is 9.88 Å². The first-order chi connectivity index (χ1) is 11.8. The highest BCUT2D eigenvalue weighted by Gasteiger charge is 2.44. The maximum Gasteiger partial charge on any atom is 0.320 e. The van der Waals surface area contributed by atoms with E-state index in [1.54, 1.807) is 26.2 Å². The molecule has 0 bridgehead atoms. The van der Waals surface area contributed by atoms with Crippen LogP contribution in [0.15, 0.2) is 35.3 Å². The molecule has 2 aromatic rings. The molecular weight excluding hydrogens is 328 g/mol. The summed E-state index contributed by atoms with van der Waals surface area (Å²) in [6, 6.07) is 4.68. The Bertz CT molecular complexity index is 868. The topological polar surface area (TPSA) is 63.1 Å². The summed E-state index contributed by atoms with van der Waals surface area (Å²) in [7, 11) is 1.58. The van der Waals surface area contributed by atoms with E-state index in [9.17, 15) is 18.4 Å². The third-order valence-corrected chi connectivity index (χ3v) is 4.72. The summed E-state index contributed by atoms with van der Waals surface area (Å²) in [5, 5.41) is 5.20. The Morgan fingerprint density at radius 2 is 1.84 bits per heavy atom. The lowest BCUT2D eigenvalue weighted by Crippen LogP contribution is -2.53. The Balaban J connectivity index is 1.87. The number of aryl methyl sites for hydroxylation is 2. The van der Waals surface area contributed by atoms with E-state index < -0.39 is 23.2 Å².